The third-order valence-electron chi connectivity index (χ3n) is 5.97. The Labute approximate surface area is 199 Å². The summed E-state index contributed by atoms with van der Waals surface area (Å²) < 4.78 is 1.51. The van der Waals surface area contributed by atoms with Crippen LogP contribution in [0.3, 0.4) is 0 Å². The van der Waals surface area contributed by atoms with E-state index in [-0.39, 0.29) is 29.5 Å². The quantitative estimate of drug-likeness (QED) is 0.355. The third kappa shape index (κ3) is 4.33. The number of nitrogens with zero attached hydrogens (tertiary/aromatic N) is 1. The van der Waals surface area contributed by atoms with E-state index >= 15 is 0 Å². The average Bonchev–Trinajstić information content (AvgIpc) is 3.45. The molecule has 8 nitrogen and oxygen atoms in total. The maximum absolute atomic E-state index is 12.8. The van der Waals surface area contributed by atoms with Crippen molar-refractivity contribution in [2.45, 2.75) is 12.1 Å². The van der Waals surface area contributed by atoms with E-state index in [4.69, 9.17) is 11.6 Å². The molecule has 0 saturated carbocycles. The van der Waals surface area contributed by atoms with Gasteiger partial charge in [-0.15, -0.1) is 0 Å². The zero-order valence-corrected chi connectivity index (χ0v) is 18.8. The molecule has 9 heteroatoms. The smallest absolute Gasteiger partial charge is 0.255 e. The molecule has 2 unspecified atom stereocenters. The van der Waals surface area contributed by atoms with Crippen LogP contribution in [0.15, 0.2) is 77.9 Å². The molecule has 0 bridgehead atoms. The second-order valence-corrected chi connectivity index (χ2v) is 8.58. The van der Waals surface area contributed by atoms with Crippen molar-refractivity contribution in [1.82, 2.24) is 25.5 Å². The second kappa shape index (κ2) is 9.17. The summed E-state index contributed by atoms with van der Waals surface area (Å²) in [6.07, 6.45) is 3.36. The molecule has 4 aromatic rings. The molecule has 2 aromatic carbocycles. The summed E-state index contributed by atoms with van der Waals surface area (Å²) >= 11 is 6.11. The molecule has 4 N–H and O–H groups in total. The molecule has 1 saturated heterocycles. The highest BCUT2D eigenvalue weighted by Crippen LogP contribution is 2.23. The van der Waals surface area contributed by atoms with Crippen molar-refractivity contribution < 1.29 is 9.59 Å². The number of hydrogen-bond acceptors (Lipinski definition) is 4. The SMILES string of the molecule is O=C(NC1CNCC1NC(=O)c1ccc2c(Cl)c[nH]c2c1)c1ccc(-n2ccccc2=O)cc1. The number of pyridine rings is 1. The molecule has 1 aliphatic rings. The zero-order chi connectivity index (χ0) is 23.7. The Kier molecular flexibility index (Phi) is 5.91. The highest BCUT2D eigenvalue weighted by molar-refractivity contribution is 6.35. The lowest BCUT2D eigenvalue weighted by Crippen LogP contribution is -2.51. The minimum atomic E-state index is -0.267. The van der Waals surface area contributed by atoms with E-state index in [1.807, 2.05) is 6.07 Å². The lowest BCUT2D eigenvalue weighted by Gasteiger charge is -2.21. The maximum atomic E-state index is 12.8. The van der Waals surface area contributed by atoms with Crippen molar-refractivity contribution in [3.8, 4) is 5.69 Å². The van der Waals surface area contributed by atoms with Crippen LogP contribution in [0.25, 0.3) is 16.6 Å². The van der Waals surface area contributed by atoms with Crippen LogP contribution >= 0.6 is 11.6 Å². The van der Waals surface area contributed by atoms with E-state index in [9.17, 15) is 14.4 Å². The minimum absolute atomic E-state index is 0.145. The van der Waals surface area contributed by atoms with E-state index in [0.29, 0.717) is 34.9 Å². The van der Waals surface area contributed by atoms with Gasteiger partial charge in [0, 0.05) is 59.3 Å². The number of hydrogen-bond donors (Lipinski definition) is 4. The Hall–Kier alpha value is -3.88. The van der Waals surface area contributed by atoms with Crippen LogP contribution in [0.2, 0.25) is 5.02 Å². The van der Waals surface area contributed by atoms with Crippen LogP contribution in [-0.2, 0) is 0 Å². The summed E-state index contributed by atoms with van der Waals surface area (Å²) in [6, 6.07) is 16.5. The number of carbonyl (C=O) groups is 2. The molecule has 2 aromatic heterocycles. The minimum Gasteiger partial charge on any atom is -0.360 e. The second-order valence-electron chi connectivity index (χ2n) is 8.17. The van der Waals surface area contributed by atoms with Gasteiger partial charge in [-0.05, 0) is 42.5 Å². The summed E-state index contributed by atoms with van der Waals surface area (Å²) in [4.78, 5) is 40.7. The number of fused-ring (bicyclic) bond motifs is 1. The molecule has 0 spiro atoms. The van der Waals surface area contributed by atoms with Gasteiger partial charge in [0.25, 0.3) is 17.4 Å². The summed E-state index contributed by atoms with van der Waals surface area (Å²) in [5.74, 6) is -0.472. The topological polar surface area (TPSA) is 108 Å². The van der Waals surface area contributed by atoms with E-state index in [1.54, 1.807) is 60.9 Å². The van der Waals surface area contributed by atoms with Crippen molar-refractivity contribution in [3.63, 3.8) is 0 Å². The van der Waals surface area contributed by atoms with Gasteiger partial charge in [0.1, 0.15) is 0 Å². The monoisotopic (exact) mass is 475 g/mol. The van der Waals surface area contributed by atoms with Crippen LogP contribution in [0, 0.1) is 0 Å². The summed E-state index contributed by atoms with van der Waals surface area (Å²) in [5, 5.41) is 10.7. The zero-order valence-electron chi connectivity index (χ0n) is 18.0. The van der Waals surface area contributed by atoms with Crippen LogP contribution in [0.1, 0.15) is 20.7 Å². The standard InChI is InChI=1S/C25H22ClN5O3/c26-19-12-28-20-11-16(6-9-18(19)20)25(34)30-22-14-27-13-21(22)29-24(33)15-4-7-17(8-5-15)31-10-2-1-3-23(31)32/h1-12,21-22,27-28H,13-14H2,(H,29,33)(H,30,34). The summed E-state index contributed by atoms with van der Waals surface area (Å²) in [6.45, 7) is 1.09. The van der Waals surface area contributed by atoms with Gasteiger partial charge in [-0.25, -0.2) is 0 Å². The molecule has 2 amide bonds. The van der Waals surface area contributed by atoms with Gasteiger partial charge < -0.3 is 20.9 Å². The first kappa shape index (κ1) is 21.9. The van der Waals surface area contributed by atoms with Gasteiger partial charge in [0.15, 0.2) is 0 Å². The lowest BCUT2D eigenvalue weighted by molar-refractivity contribution is 0.0897. The lowest BCUT2D eigenvalue weighted by atomic mass is 10.1. The van der Waals surface area contributed by atoms with Crippen LogP contribution in [0.5, 0.6) is 0 Å². The van der Waals surface area contributed by atoms with Crippen molar-refractivity contribution in [1.29, 1.82) is 0 Å². The maximum Gasteiger partial charge on any atom is 0.255 e. The fourth-order valence-corrected chi connectivity index (χ4v) is 4.35. The van der Waals surface area contributed by atoms with Gasteiger partial charge in [-0.3, -0.25) is 19.0 Å². The molecule has 5 rings (SSSR count). The molecular formula is C25H22ClN5O3. The fourth-order valence-electron chi connectivity index (χ4n) is 4.13. The molecule has 1 fully saturated rings. The number of halogens is 1. The Balaban J connectivity index is 1.24. The predicted octanol–water partition coefficient (Wildman–Crippen LogP) is 2.47. The number of aromatic amines is 1. The number of nitrogens with one attached hydrogen (secondary N) is 4. The molecule has 0 aliphatic carbocycles. The average molecular weight is 476 g/mol. The molecule has 0 radical (unpaired) electrons. The van der Waals surface area contributed by atoms with Gasteiger partial charge in [0.05, 0.1) is 17.1 Å². The van der Waals surface area contributed by atoms with E-state index < -0.39 is 0 Å². The van der Waals surface area contributed by atoms with Crippen molar-refractivity contribution in [2.24, 2.45) is 0 Å². The predicted molar refractivity (Wildman–Crippen MR) is 131 cm³/mol. The van der Waals surface area contributed by atoms with Crippen LogP contribution in [-0.4, -0.2) is 46.5 Å². The Bertz CT molecular complexity index is 1430. The molecule has 2 atom stereocenters. The Morgan fingerprint density at radius 2 is 1.59 bits per heavy atom. The Morgan fingerprint density at radius 3 is 2.29 bits per heavy atom. The highest BCUT2D eigenvalue weighted by Gasteiger charge is 2.30. The number of benzene rings is 2. The molecular weight excluding hydrogens is 454 g/mol. The summed E-state index contributed by atoms with van der Waals surface area (Å²) in [5.41, 5.74) is 2.30. The first-order chi connectivity index (χ1) is 16.5. The van der Waals surface area contributed by atoms with Crippen LogP contribution in [0.4, 0.5) is 0 Å². The van der Waals surface area contributed by atoms with E-state index in [2.05, 4.69) is 20.9 Å². The van der Waals surface area contributed by atoms with Gasteiger partial charge in [0.2, 0.25) is 0 Å². The van der Waals surface area contributed by atoms with Crippen molar-refractivity contribution in [2.75, 3.05) is 13.1 Å². The first-order valence-corrected chi connectivity index (χ1v) is 11.2. The van der Waals surface area contributed by atoms with Crippen LogP contribution < -0.4 is 21.5 Å². The number of rotatable bonds is 5. The molecule has 3 heterocycles. The van der Waals surface area contributed by atoms with Gasteiger partial charge in [-0.1, -0.05) is 23.7 Å². The summed E-state index contributed by atoms with van der Waals surface area (Å²) in [7, 11) is 0. The highest BCUT2D eigenvalue weighted by atomic mass is 35.5. The number of amides is 2. The van der Waals surface area contributed by atoms with Crippen molar-refractivity contribution >= 4 is 34.3 Å². The van der Waals surface area contributed by atoms with Gasteiger partial charge in [-0.2, -0.15) is 0 Å². The third-order valence-corrected chi connectivity index (χ3v) is 6.28. The largest absolute Gasteiger partial charge is 0.360 e. The molecule has 172 valence electrons. The number of H-pyrrole nitrogens is 1. The first-order valence-electron chi connectivity index (χ1n) is 10.9. The van der Waals surface area contributed by atoms with E-state index in [0.717, 1.165) is 10.9 Å². The van der Waals surface area contributed by atoms with Crippen molar-refractivity contribution in [3.05, 3.63) is 99.6 Å². The van der Waals surface area contributed by atoms with E-state index in [1.165, 1.54) is 10.6 Å². The number of aromatic nitrogens is 2. The number of carbonyl (C=O) groups excluding carboxylic acids is 2. The fraction of sp³-hybridized carbons (Fsp3) is 0.160. The Morgan fingerprint density at radius 1 is 0.912 bits per heavy atom. The normalized spacial score (nSPS) is 17.6. The molecule has 34 heavy (non-hydrogen) atoms. The van der Waals surface area contributed by atoms with Gasteiger partial charge >= 0.3 is 0 Å². The molecule has 1 aliphatic heterocycles.